The van der Waals surface area contributed by atoms with Crippen LogP contribution in [0.25, 0.3) is 0 Å². The van der Waals surface area contributed by atoms with Gasteiger partial charge in [-0.25, -0.2) is 0 Å². The number of nitrogens with one attached hydrogen (secondary N) is 1. The van der Waals surface area contributed by atoms with Crippen molar-refractivity contribution in [1.82, 2.24) is 15.5 Å². The van der Waals surface area contributed by atoms with E-state index in [2.05, 4.69) is 15.5 Å². The summed E-state index contributed by atoms with van der Waals surface area (Å²) < 4.78 is 5.36. The van der Waals surface area contributed by atoms with Crippen LogP contribution < -0.4 is 5.32 Å². The quantitative estimate of drug-likeness (QED) is 0.804. The van der Waals surface area contributed by atoms with Gasteiger partial charge in [-0.2, -0.15) is 4.98 Å². The Balaban J connectivity index is 2.22. The minimum atomic E-state index is -0.232. The third-order valence-corrected chi connectivity index (χ3v) is 3.19. The van der Waals surface area contributed by atoms with Gasteiger partial charge in [0, 0.05) is 18.4 Å². The van der Waals surface area contributed by atoms with Gasteiger partial charge in [-0.1, -0.05) is 25.9 Å². The highest BCUT2D eigenvalue weighted by molar-refractivity contribution is 5.77. The van der Waals surface area contributed by atoms with E-state index in [4.69, 9.17) is 4.52 Å². The van der Waals surface area contributed by atoms with E-state index in [1.165, 1.54) is 0 Å². The maximum absolute atomic E-state index is 11.2. The SMILES string of the molecule is CC(C)(C)c1noc(C2(C)CCC(=O)NC2)n1. The van der Waals surface area contributed by atoms with E-state index < -0.39 is 0 Å². The number of hydrogen-bond acceptors (Lipinski definition) is 4. The Morgan fingerprint density at radius 3 is 2.59 bits per heavy atom. The maximum Gasteiger partial charge on any atom is 0.234 e. The predicted octanol–water partition coefficient (Wildman–Crippen LogP) is 1.53. The fraction of sp³-hybridized carbons (Fsp3) is 0.750. The minimum absolute atomic E-state index is 0.0954. The Hall–Kier alpha value is -1.39. The van der Waals surface area contributed by atoms with Crippen molar-refractivity contribution in [2.45, 2.75) is 51.4 Å². The molecule has 1 unspecified atom stereocenters. The molecule has 17 heavy (non-hydrogen) atoms. The van der Waals surface area contributed by atoms with E-state index in [9.17, 15) is 4.79 Å². The van der Waals surface area contributed by atoms with Crippen LogP contribution in [0.4, 0.5) is 0 Å². The molecule has 1 amide bonds. The molecule has 5 nitrogen and oxygen atoms in total. The van der Waals surface area contributed by atoms with E-state index in [-0.39, 0.29) is 16.7 Å². The predicted molar refractivity (Wildman–Crippen MR) is 62.6 cm³/mol. The highest BCUT2D eigenvalue weighted by Gasteiger charge is 2.37. The van der Waals surface area contributed by atoms with Gasteiger partial charge in [-0.15, -0.1) is 0 Å². The zero-order valence-electron chi connectivity index (χ0n) is 10.8. The number of hydrogen-bond donors (Lipinski definition) is 1. The third-order valence-electron chi connectivity index (χ3n) is 3.19. The summed E-state index contributed by atoms with van der Waals surface area (Å²) in [6.07, 6.45) is 1.27. The average molecular weight is 237 g/mol. The summed E-state index contributed by atoms with van der Waals surface area (Å²) in [7, 11) is 0. The van der Waals surface area contributed by atoms with Crippen LogP contribution in [0.5, 0.6) is 0 Å². The number of nitrogens with zero attached hydrogens (tertiary/aromatic N) is 2. The van der Waals surface area contributed by atoms with E-state index in [1.54, 1.807) is 0 Å². The smallest absolute Gasteiger partial charge is 0.234 e. The van der Waals surface area contributed by atoms with Crippen LogP contribution in [0.2, 0.25) is 0 Å². The fourth-order valence-corrected chi connectivity index (χ4v) is 1.82. The van der Waals surface area contributed by atoms with Crippen molar-refractivity contribution in [2.75, 3.05) is 6.54 Å². The van der Waals surface area contributed by atoms with E-state index in [1.807, 2.05) is 27.7 Å². The highest BCUT2D eigenvalue weighted by atomic mass is 16.5. The molecule has 0 aromatic carbocycles. The van der Waals surface area contributed by atoms with Crippen LogP contribution in [0.15, 0.2) is 4.52 Å². The lowest BCUT2D eigenvalue weighted by molar-refractivity contribution is -0.123. The first-order valence-electron chi connectivity index (χ1n) is 5.93. The zero-order chi connectivity index (χ0) is 12.7. The number of rotatable bonds is 1. The van der Waals surface area contributed by atoms with E-state index >= 15 is 0 Å². The molecule has 0 spiro atoms. The summed E-state index contributed by atoms with van der Waals surface area (Å²) >= 11 is 0. The van der Waals surface area contributed by atoms with Crippen molar-refractivity contribution in [3.63, 3.8) is 0 Å². The van der Waals surface area contributed by atoms with Gasteiger partial charge < -0.3 is 9.84 Å². The molecule has 1 atom stereocenters. The molecule has 0 radical (unpaired) electrons. The summed E-state index contributed by atoms with van der Waals surface area (Å²) in [5, 5.41) is 6.88. The topological polar surface area (TPSA) is 68.0 Å². The molecular weight excluding hydrogens is 218 g/mol. The van der Waals surface area contributed by atoms with Gasteiger partial charge in [-0.3, -0.25) is 4.79 Å². The summed E-state index contributed by atoms with van der Waals surface area (Å²) in [6.45, 7) is 8.76. The second-order valence-corrected chi connectivity index (χ2v) is 6.01. The molecule has 0 bridgehead atoms. The average Bonchev–Trinajstić information content (AvgIpc) is 2.72. The van der Waals surface area contributed by atoms with Crippen LogP contribution in [-0.4, -0.2) is 22.6 Å². The van der Waals surface area contributed by atoms with Gasteiger partial charge in [0.25, 0.3) is 0 Å². The van der Waals surface area contributed by atoms with Crippen LogP contribution in [-0.2, 0) is 15.6 Å². The number of aromatic nitrogens is 2. The van der Waals surface area contributed by atoms with Crippen LogP contribution in [0.3, 0.4) is 0 Å². The number of carbonyl (C=O) groups excluding carboxylic acids is 1. The Kier molecular flexibility index (Phi) is 2.72. The molecule has 2 heterocycles. The normalized spacial score (nSPS) is 25.8. The molecule has 1 aromatic rings. The first-order valence-corrected chi connectivity index (χ1v) is 5.93. The molecule has 2 rings (SSSR count). The largest absolute Gasteiger partial charge is 0.355 e. The lowest BCUT2D eigenvalue weighted by atomic mass is 9.82. The van der Waals surface area contributed by atoms with Gasteiger partial charge >= 0.3 is 0 Å². The third kappa shape index (κ3) is 2.33. The van der Waals surface area contributed by atoms with Crippen LogP contribution in [0.1, 0.15) is 52.3 Å². The summed E-state index contributed by atoms with van der Waals surface area (Å²) in [4.78, 5) is 15.6. The van der Waals surface area contributed by atoms with Gasteiger partial charge in [0.15, 0.2) is 5.82 Å². The van der Waals surface area contributed by atoms with Crippen molar-refractivity contribution in [3.05, 3.63) is 11.7 Å². The number of carbonyl (C=O) groups is 1. The van der Waals surface area contributed by atoms with E-state index in [0.29, 0.717) is 24.7 Å². The lowest BCUT2D eigenvalue weighted by Gasteiger charge is -2.29. The Morgan fingerprint density at radius 2 is 2.12 bits per heavy atom. The highest BCUT2D eigenvalue weighted by Crippen LogP contribution is 2.31. The van der Waals surface area contributed by atoms with Gasteiger partial charge in [-0.05, 0) is 13.3 Å². The van der Waals surface area contributed by atoms with Gasteiger partial charge in [0.05, 0.1) is 5.41 Å². The fourth-order valence-electron chi connectivity index (χ4n) is 1.82. The second-order valence-electron chi connectivity index (χ2n) is 6.01. The number of piperidine rings is 1. The molecular formula is C12H19N3O2. The summed E-state index contributed by atoms with van der Waals surface area (Å²) in [6, 6.07) is 0. The molecule has 1 aliphatic heterocycles. The Labute approximate surface area is 101 Å². The summed E-state index contributed by atoms with van der Waals surface area (Å²) in [5.74, 6) is 1.44. The molecule has 1 saturated heterocycles. The monoisotopic (exact) mass is 237 g/mol. The molecule has 1 aliphatic rings. The molecule has 0 aliphatic carbocycles. The summed E-state index contributed by atoms with van der Waals surface area (Å²) in [5.41, 5.74) is -0.347. The van der Waals surface area contributed by atoms with Crippen molar-refractivity contribution >= 4 is 5.91 Å². The van der Waals surface area contributed by atoms with Crippen LogP contribution >= 0.6 is 0 Å². The number of amides is 1. The van der Waals surface area contributed by atoms with Crippen molar-refractivity contribution in [3.8, 4) is 0 Å². The van der Waals surface area contributed by atoms with Gasteiger partial charge in [0.2, 0.25) is 11.8 Å². The maximum atomic E-state index is 11.2. The van der Waals surface area contributed by atoms with Crippen molar-refractivity contribution < 1.29 is 9.32 Å². The Bertz CT molecular complexity index is 421. The molecule has 5 heteroatoms. The molecule has 0 saturated carbocycles. The standard InChI is InChI=1S/C12H19N3O2/c1-11(2,3)9-14-10(17-15-9)12(4)6-5-8(16)13-7-12/h5-7H2,1-4H3,(H,13,16). The van der Waals surface area contributed by atoms with Crippen molar-refractivity contribution in [1.29, 1.82) is 0 Å². The van der Waals surface area contributed by atoms with E-state index in [0.717, 1.165) is 6.42 Å². The second kappa shape index (κ2) is 3.82. The van der Waals surface area contributed by atoms with Crippen molar-refractivity contribution in [2.24, 2.45) is 0 Å². The molecule has 1 aromatic heterocycles. The first kappa shape index (κ1) is 12.1. The van der Waals surface area contributed by atoms with Crippen LogP contribution in [0, 0.1) is 0 Å². The first-order chi connectivity index (χ1) is 7.81. The van der Waals surface area contributed by atoms with Gasteiger partial charge in [0.1, 0.15) is 0 Å². The zero-order valence-corrected chi connectivity index (χ0v) is 10.8. The molecule has 1 fully saturated rings. The lowest BCUT2D eigenvalue weighted by Crippen LogP contribution is -2.44. The Morgan fingerprint density at radius 1 is 1.41 bits per heavy atom. The molecule has 94 valence electrons. The molecule has 1 N–H and O–H groups in total. The minimum Gasteiger partial charge on any atom is -0.355 e.